The molecule has 3 aromatic carbocycles. The van der Waals surface area contributed by atoms with Crippen molar-refractivity contribution in [3.05, 3.63) is 76.8 Å². The zero-order valence-corrected chi connectivity index (χ0v) is 15.8. The number of methoxy groups -OCH3 is 1. The van der Waals surface area contributed by atoms with Crippen LogP contribution < -0.4 is 9.47 Å². The summed E-state index contributed by atoms with van der Waals surface area (Å²) in [5, 5.41) is 0. The Bertz CT molecular complexity index is 1030. The van der Waals surface area contributed by atoms with Crippen LogP contribution in [0.1, 0.15) is 5.56 Å². The van der Waals surface area contributed by atoms with Crippen molar-refractivity contribution in [1.29, 1.82) is 0 Å². The minimum atomic E-state index is 0.438. The summed E-state index contributed by atoms with van der Waals surface area (Å²) >= 11 is 3.49. The number of benzene rings is 3. The molecule has 1 heterocycles. The molecule has 0 aliphatic carbocycles. The molecule has 5 heteroatoms. The van der Waals surface area contributed by atoms with Crippen LogP contribution in [-0.4, -0.2) is 17.1 Å². The van der Waals surface area contributed by atoms with Crippen molar-refractivity contribution < 1.29 is 9.47 Å². The molecule has 4 aromatic rings. The summed E-state index contributed by atoms with van der Waals surface area (Å²) in [5.41, 5.74) is 3.85. The number of para-hydroxylation sites is 3. The molecule has 0 amide bonds. The van der Waals surface area contributed by atoms with Gasteiger partial charge >= 0.3 is 0 Å². The monoisotopic (exact) mass is 408 g/mol. The molecule has 0 radical (unpaired) electrons. The lowest BCUT2D eigenvalue weighted by molar-refractivity contribution is 0.285. The highest BCUT2D eigenvalue weighted by atomic mass is 79.9. The molecule has 0 aliphatic heterocycles. The number of aromatic amines is 1. The fourth-order valence-corrected chi connectivity index (χ4v) is 3.32. The van der Waals surface area contributed by atoms with Crippen LogP contribution in [0.4, 0.5) is 0 Å². The van der Waals surface area contributed by atoms with Gasteiger partial charge in [0.1, 0.15) is 12.4 Å². The van der Waals surface area contributed by atoms with Gasteiger partial charge in [-0.05, 0) is 42.0 Å². The maximum Gasteiger partial charge on any atom is 0.172 e. The number of imidazole rings is 1. The van der Waals surface area contributed by atoms with Gasteiger partial charge in [0.05, 0.1) is 23.7 Å². The summed E-state index contributed by atoms with van der Waals surface area (Å²) in [6, 6.07) is 21.8. The summed E-state index contributed by atoms with van der Waals surface area (Å²) < 4.78 is 12.7. The van der Waals surface area contributed by atoms with E-state index in [0.29, 0.717) is 18.1 Å². The molecule has 0 saturated heterocycles. The summed E-state index contributed by atoms with van der Waals surface area (Å²) in [6.07, 6.45) is 0. The molecule has 0 aliphatic rings. The van der Waals surface area contributed by atoms with Crippen molar-refractivity contribution in [2.24, 2.45) is 0 Å². The van der Waals surface area contributed by atoms with Crippen LogP contribution in [0, 0.1) is 0 Å². The predicted molar refractivity (Wildman–Crippen MR) is 107 cm³/mol. The van der Waals surface area contributed by atoms with Crippen LogP contribution in [0.15, 0.2) is 71.2 Å². The molecule has 0 atom stereocenters. The van der Waals surface area contributed by atoms with Crippen LogP contribution in [0.25, 0.3) is 22.4 Å². The molecule has 0 fully saturated rings. The number of fused-ring (bicyclic) bond motifs is 1. The largest absolute Gasteiger partial charge is 0.493 e. The third kappa shape index (κ3) is 3.30. The highest BCUT2D eigenvalue weighted by Gasteiger charge is 2.16. The van der Waals surface area contributed by atoms with Gasteiger partial charge in [-0.2, -0.15) is 0 Å². The molecule has 4 rings (SSSR count). The SMILES string of the molecule is COc1cccc(-c2nc3ccccc3[nH]2)c1OCc1cccc(Br)c1. The van der Waals surface area contributed by atoms with Crippen LogP contribution >= 0.6 is 15.9 Å². The first-order chi connectivity index (χ1) is 12.7. The van der Waals surface area contributed by atoms with Gasteiger partial charge in [-0.15, -0.1) is 0 Å². The molecule has 4 nitrogen and oxygen atoms in total. The van der Waals surface area contributed by atoms with Gasteiger partial charge in [-0.25, -0.2) is 4.98 Å². The second kappa shape index (κ2) is 7.22. The first kappa shape index (κ1) is 16.7. The second-order valence-corrected chi connectivity index (χ2v) is 6.77. The number of nitrogens with one attached hydrogen (secondary N) is 1. The Labute approximate surface area is 159 Å². The number of hydrogen-bond donors (Lipinski definition) is 1. The van der Waals surface area contributed by atoms with Crippen LogP contribution in [-0.2, 0) is 6.61 Å². The number of hydrogen-bond acceptors (Lipinski definition) is 3. The number of H-pyrrole nitrogens is 1. The van der Waals surface area contributed by atoms with Crippen LogP contribution in [0.5, 0.6) is 11.5 Å². The zero-order chi connectivity index (χ0) is 17.9. The van der Waals surface area contributed by atoms with E-state index in [1.807, 2.05) is 66.7 Å². The summed E-state index contributed by atoms with van der Waals surface area (Å²) in [7, 11) is 1.64. The first-order valence-corrected chi connectivity index (χ1v) is 9.03. The van der Waals surface area contributed by atoms with E-state index in [-0.39, 0.29) is 0 Å². The van der Waals surface area contributed by atoms with E-state index in [2.05, 4.69) is 25.9 Å². The molecule has 1 N–H and O–H groups in total. The topological polar surface area (TPSA) is 47.1 Å². The van der Waals surface area contributed by atoms with Crippen molar-refractivity contribution >= 4 is 27.0 Å². The Morgan fingerprint density at radius 1 is 1.00 bits per heavy atom. The molecule has 130 valence electrons. The quantitative estimate of drug-likeness (QED) is 0.468. The van der Waals surface area contributed by atoms with E-state index in [4.69, 9.17) is 9.47 Å². The highest BCUT2D eigenvalue weighted by molar-refractivity contribution is 9.10. The number of rotatable bonds is 5. The van der Waals surface area contributed by atoms with Gasteiger partial charge in [-0.1, -0.05) is 46.3 Å². The summed E-state index contributed by atoms with van der Waals surface area (Å²) in [4.78, 5) is 8.05. The average molecular weight is 409 g/mol. The number of ether oxygens (including phenoxy) is 2. The van der Waals surface area contributed by atoms with Gasteiger partial charge < -0.3 is 14.5 Å². The van der Waals surface area contributed by atoms with Crippen LogP contribution in [0.2, 0.25) is 0 Å². The normalized spacial score (nSPS) is 10.8. The van der Waals surface area contributed by atoms with Gasteiger partial charge in [-0.3, -0.25) is 0 Å². The molecule has 0 saturated carbocycles. The van der Waals surface area contributed by atoms with Crippen molar-refractivity contribution in [2.45, 2.75) is 6.61 Å². The summed E-state index contributed by atoms with van der Waals surface area (Å²) in [5.74, 6) is 2.11. The number of nitrogens with zero attached hydrogens (tertiary/aromatic N) is 1. The standard InChI is InChI=1S/C21H17BrN2O2/c1-25-19-11-5-8-16(21-23-17-9-2-3-10-18(17)24-21)20(19)26-13-14-6-4-7-15(22)12-14/h2-12H,13H2,1H3,(H,23,24). The Kier molecular flexibility index (Phi) is 4.63. The average Bonchev–Trinajstić information content (AvgIpc) is 3.10. The lowest BCUT2D eigenvalue weighted by Gasteiger charge is -2.14. The maximum absolute atomic E-state index is 6.14. The lowest BCUT2D eigenvalue weighted by Crippen LogP contribution is -2.00. The van der Waals surface area contributed by atoms with E-state index in [9.17, 15) is 0 Å². The smallest absolute Gasteiger partial charge is 0.172 e. The minimum absolute atomic E-state index is 0.438. The Morgan fingerprint density at radius 2 is 1.85 bits per heavy atom. The van der Waals surface area contributed by atoms with Crippen molar-refractivity contribution in [3.8, 4) is 22.9 Å². The van der Waals surface area contributed by atoms with E-state index >= 15 is 0 Å². The fourth-order valence-electron chi connectivity index (χ4n) is 2.87. The number of aromatic nitrogens is 2. The van der Waals surface area contributed by atoms with Gasteiger partial charge in [0.2, 0.25) is 0 Å². The molecule has 0 spiro atoms. The van der Waals surface area contributed by atoms with E-state index < -0.39 is 0 Å². The molecular weight excluding hydrogens is 392 g/mol. The van der Waals surface area contributed by atoms with Gasteiger partial charge in [0, 0.05) is 4.47 Å². The van der Waals surface area contributed by atoms with Gasteiger partial charge in [0.25, 0.3) is 0 Å². The van der Waals surface area contributed by atoms with Crippen LogP contribution in [0.3, 0.4) is 0 Å². The Morgan fingerprint density at radius 3 is 2.65 bits per heavy atom. The molecule has 1 aromatic heterocycles. The fraction of sp³-hybridized carbons (Fsp3) is 0.0952. The zero-order valence-electron chi connectivity index (χ0n) is 14.2. The second-order valence-electron chi connectivity index (χ2n) is 5.86. The lowest BCUT2D eigenvalue weighted by atomic mass is 10.1. The maximum atomic E-state index is 6.14. The van der Waals surface area contributed by atoms with E-state index in [1.165, 1.54) is 0 Å². The molecule has 26 heavy (non-hydrogen) atoms. The Balaban J connectivity index is 1.73. The third-order valence-electron chi connectivity index (χ3n) is 4.12. The first-order valence-electron chi connectivity index (χ1n) is 8.24. The third-order valence-corrected chi connectivity index (χ3v) is 4.61. The number of halogens is 1. The molecule has 0 unspecified atom stereocenters. The van der Waals surface area contributed by atoms with Crippen molar-refractivity contribution in [3.63, 3.8) is 0 Å². The van der Waals surface area contributed by atoms with Crippen molar-refractivity contribution in [1.82, 2.24) is 9.97 Å². The Hall–Kier alpha value is -2.79. The predicted octanol–water partition coefficient (Wildman–Crippen LogP) is 5.58. The van der Waals surface area contributed by atoms with E-state index in [1.54, 1.807) is 7.11 Å². The molecule has 0 bridgehead atoms. The highest BCUT2D eigenvalue weighted by Crippen LogP contribution is 2.38. The molecular formula is C21H17BrN2O2. The van der Waals surface area contributed by atoms with E-state index in [0.717, 1.165) is 32.5 Å². The van der Waals surface area contributed by atoms with Gasteiger partial charge in [0.15, 0.2) is 11.5 Å². The summed E-state index contributed by atoms with van der Waals surface area (Å²) in [6.45, 7) is 0.438. The minimum Gasteiger partial charge on any atom is -0.493 e. The van der Waals surface area contributed by atoms with Crippen molar-refractivity contribution in [2.75, 3.05) is 7.11 Å².